The third-order valence-electron chi connectivity index (χ3n) is 5.96. The molecule has 0 aliphatic carbocycles. The smallest absolute Gasteiger partial charge is 0.269 e. The number of para-hydroxylation sites is 1. The zero-order valence-corrected chi connectivity index (χ0v) is 21.4. The minimum Gasteiger partial charge on any atom is -0.352 e. The van der Waals surface area contributed by atoms with Gasteiger partial charge in [-0.25, -0.2) is 4.98 Å². The highest BCUT2D eigenvalue weighted by Gasteiger charge is 2.14. The van der Waals surface area contributed by atoms with Crippen LogP contribution in [0.5, 0.6) is 0 Å². The van der Waals surface area contributed by atoms with Gasteiger partial charge in [0.25, 0.3) is 17.2 Å². The number of hydrogen-bond acceptors (Lipinski definition) is 6. The molecule has 37 heavy (non-hydrogen) atoms. The third kappa shape index (κ3) is 6.62. The van der Waals surface area contributed by atoms with E-state index in [2.05, 4.69) is 12.2 Å². The van der Waals surface area contributed by atoms with Crippen molar-refractivity contribution in [2.45, 2.75) is 43.6 Å². The topological polar surface area (TPSA) is 107 Å². The van der Waals surface area contributed by atoms with Gasteiger partial charge in [-0.05, 0) is 41.8 Å². The average Bonchev–Trinajstić information content (AvgIpc) is 2.92. The van der Waals surface area contributed by atoms with E-state index in [1.54, 1.807) is 34.9 Å². The number of rotatable bonds is 11. The fraction of sp³-hybridized carbons (Fsp3) is 0.250. The van der Waals surface area contributed by atoms with Gasteiger partial charge in [0.2, 0.25) is 0 Å². The number of aromatic nitrogens is 2. The first-order valence-electron chi connectivity index (χ1n) is 12.2. The first-order chi connectivity index (χ1) is 18.0. The van der Waals surface area contributed by atoms with Crippen molar-refractivity contribution in [1.82, 2.24) is 14.9 Å². The second-order valence-electron chi connectivity index (χ2n) is 8.67. The van der Waals surface area contributed by atoms with Crippen molar-refractivity contribution in [1.29, 1.82) is 0 Å². The molecule has 0 saturated carbocycles. The maximum Gasteiger partial charge on any atom is 0.269 e. The van der Waals surface area contributed by atoms with Crippen LogP contribution in [-0.2, 0) is 12.3 Å². The van der Waals surface area contributed by atoms with Crippen LogP contribution < -0.4 is 10.9 Å². The fourth-order valence-electron chi connectivity index (χ4n) is 3.88. The van der Waals surface area contributed by atoms with Gasteiger partial charge in [-0.1, -0.05) is 67.9 Å². The van der Waals surface area contributed by atoms with E-state index in [0.29, 0.717) is 40.5 Å². The maximum atomic E-state index is 13.4. The van der Waals surface area contributed by atoms with E-state index in [1.165, 1.54) is 23.9 Å². The predicted octanol–water partition coefficient (Wildman–Crippen LogP) is 5.57. The Balaban J connectivity index is 1.55. The van der Waals surface area contributed by atoms with Crippen molar-refractivity contribution in [3.8, 4) is 0 Å². The molecule has 0 atom stereocenters. The van der Waals surface area contributed by atoms with Crippen molar-refractivity contribution >= 4 is 34.3 Å². The summed E-state index contributed by atoms with van der Waals surface area (Å²) in [7, 11) is 0. The summed E-state index contributed by atoms with van der Waals surface area (Å²) >= 11 is 1.40. The standard InChI is InChI=1S/C28H28N4O4S/c1-2-3-6-17-29-26(33)22-13-9-20(10-14-22)18-31-27(34)24-7-4-5-8-25(24)30-28(31)37-19-21-11-15-23(16-12-21)32(35)36/h4-5,7-16H,2-3,6,17-19H2,1H3,(H,29,33). The number of thioether (sulfide) groups is 1. The summed E-state index contributed by atoms with van der Waals surface area (Å²) in [5.74, 6) is 0.395. The van der Waals surface area contributed by atoms with Gasteiger partial charge in [0, 0.05) is 30.0 Å². The Labute approximate surface area is 218 Å². The van der Waals surface area contributed by atoms with E-state index in [0.717, 1.165) is 30.4 Å². The van der Waals surface area contributed by atoms with Crippen LogP contribution in [0.4, 0.5) is 5.69 Å². The largest absolute Gasteiger partial charge is 0.352 e. The van der Waals surface area contributed by atoms with E-state index in [1.807, 2.05) is 30.3 Å². The molecule has 0 spiro atoms. The molecule has 0 saturated heterocycles. The molecule has 1 N–H and O–H groups in total. The molecule has 3 aromatic carbocycles. The Bertz CT molecular complexity index is 1450. The minimum absolute atomic E-state index is 0.0348. The van der Waals surface area contributed by atoms with Crippen LogP contribution in [0.3, 0.4) is 0 Å². The number of nitro benzene ring substituents is 1. The molecule has 4 rings (SSSR count). The molecule has 0 aliphatic heterocycles. The van der Waals surface area contributed by atoms with Gasteiger partial charge in [-0.3, -0.25) is 24.3 Å². The highest BCUT2D eigenvalue weighted by molar-refractivity contribution is 7.98. The van der Waals surface area contributed by atoms with Gasteiger partial charge in [-0.2, -0.15) is 0 Å². The summed E-state index contributed by atoms with van der Waals surface area (Å²) in [6.07, 6.45) is 3.14. The van der Waals surface area contributed by atoms with Crippen LogP contribution in [-0.4, -0.2) is 26.9 Å². The average molecular weight is 517 g/mol. The number of carbonyl (C=O) groups is 1. The summed E-state index contributed by atoms with van der Waals surface area (Å²) in [4.78, 5) is 41.0. The quantitative estimate of drug-likeness (QED) is 0.0919. The Morgan fingerprint density at radius 2 is 1.70 bits per heavy atom. The van der Waals surface area contributed by atoms with Crippen LogP contribution in [0.1, 0.15) is 47.7 Å². The van der Waals surface area contributed by atoms with Crippen LogP contribution >= 0.6 is 11.8 Å². The zero-order valence-electron chi connectivity index (χ0n) is 20.6. The molecular formula is C28H28N4O4S. The molecule has 0 radical (unpaired) electrons. The molecule has 1 amide bonds. The molecule has 0 bridgehead atoms. The van der Waals surface area contributed by atoms with Crippen molar-refractivity contribution in [2.24, 2.45) is 0 Å². The third-order valence-corrected chi connectivity index (χ3v) is 7.01. The molecule has 0 fully saturated rings. The summed E-state index contributed by atoms with van der Waals surface area (Å²) in [5, 5.41) is 15.0. The van der Waals surface area contributed by atoms with E-state index >= 15 is 0 Å². The van der Waals surface area contributed by atoms with Crippen molar-refractivity contribution < 1.29 is 9.72 Å². The number of benzene rings is 3. The summed E-state index contributed by atoms with van der Waals surface area (Å²) < 4.78 is 1.64. The number of nitrogens with one attached hydrogen (secondary N) is 1. The first-order valence-corrected chi connectivity index (χ1v) is 13.2. The van der Waals surface area contributed by atoms with Crippen molar-refractivity contribution in [3.63, 3.8) is 0 Å². The van der Waals surface area contributed by atoms with E-state index < -0.39 is 4.92 Å². The maximum absolute atomic E-state index is 13.4. The number of carbonyl (C=O) groups excluding carboxylic acids is 1. The van der Waals surface area contributed by atoms with E-state index in [4.69, 9.17) is 4.98 Å². The Kier molecular flexibility index (Phi) is 8.68. The summed E-state index contributed by atoms with van der Waals surface area (Å²) in [6.45, 7) is 3.08. The van der Waals surface area contributed by atoms with Gasteiger partial charge < -0.3 is 5.32 Å². The fourth-order valence-corrected chi connectivity index (χ4v) is 4.84. The number of fused-ring (bicyclic) bond motifs is 1. The van der Waals surface area contributed by atoms with Crippen LogP contribution in [0.2, 0.25) is 0 Å². The summed E-state index contributed by atoms with van der Waals surface area (Å²) in [5.41, 5.74) is 2.85. The lowest BCUT2D eigenvalue weighted by Gasteiger charge is -2.14. The molecule has 0 unspecified atom stereocenters. The second-order valence-corrected chi connectivity index (χ2v) is 9.62. The molecular weight excluding hydrogens is 488 g/mol. The number of hydrogen-bond donors (Lipinski definition) is 1. The van der Waals surface area contributed by atoms with Gasteiger partial charge in [0.15, 0.2) is 5.16 Å². The monoisotopic (exact) mass is 516 g/mol. The molecule has 9 heteroatoms. The zero-order chi connectivity index (χ0) is 26.2. The second kappa shape index (κ2) is 12.3. The number of unbranched alkanes of at least 4 members (excludes halogenated alkanes) is 2. The lowest BCUT2D eigenvalue weighted by molar-refractivity contribution is -0.384. The lowest BCUT2D eigenvalue weighted by atomic mass is 10.1. The SMILES string of the molecule is CCCCCNC(=O)c1ccc(Cn2c(SCc3ccc([N+](=O)[O-])cc3)nc3ccccc3c2=O)cc1. The van der Waals surface area contributed by atoms with Crippen LogP contribution in [0.25, 0.3) is 10.9 Å². The Hall–Kier alpha value is -3.98. The number of non-ortho nitro benzene ring substituents is 1. The Morgan fingerprint density at radius 3 is 2.41 bits per heavy atom. The molecule has 0 aliphatic rings. The van der Waals surface area contributed by atoms with Gasteiger partial charge >= 0.3 is 0 Å². The lowest BCUT2D eigenvalue weighted by Crippen LogP contribution is -2.25. The number of nitro groups is 1. The van der Waals surface area contributed by atoms with Crippen LogP contribution in [0, 0.1) is 10.1 Å². The van der Waals surface area contributed by atoms with Crippen molar-refractivity contribution in [2.75, 3.05) is 6.54 Å². The minimum atomic E-state index is -0.430. The molecule has 4 aromatic rings. The summed E-state index contributed by atoms with van der Waals surface area (Å²) in [6, 6.07) is 20.8. The number of nitrogens with zero attached hydrogens (tertiary/aromatic N) is 3. The van der Waals surface area contributed by atoms with Crippen LogP contribution in [0.15, 0.2) is 82.7 Å². The number of amides is 1. The van der Waals surface area contributed by atoms with Crippen molar-refractivity contribution in [3.05, 3.63) is 110 Å². The van der Waals surface area contributed by atoms with Gasteiger partial charge in [0.05, 0.1) is 22.4 Å². The van der Waals surface area contributed by atoms with E-state index in [9.17, 15) is 19.7 Å². The highest BCUT2D eigenvalue weighted by atomic mass is 32.2. The molecule has 8 nitrogen and oxygen atoms in total. The molecule has 1 heterocycles. The van der Waals surface area contributed by atoms with E-state index in [-0.39, 0.29) is 17.2 Å². The predicted molar refractivity (Wildman–Crippen MR) is 146 cm³/mol. The van der Waals surface area contributed by atoms with Gasteiger partial charge in [-0.15, -0.1) is 0 Å². The first kappa shape index (κ1) is 26.1. The van der Waals surface area contributed by atoms with Gasteiger partial charge in [0.1, 0.15) is 0 Å². The molecule has 190 valence electrons. The Morgan fingerprint density at radius 1 is 1.00 bits per heavy atom. The molecule has 1 aromatic heterocycles. The highest BCUT2D eigenvalue weighted by Crippen LogP contribution is 2.24. The normalized spacial score (nSPS) is 10.9.